The summed E-state index contributed by atoms with van der Waals surface area (Å²) in [6.45, 7) is 4.95. The molecule has 0 bridgehead atoms. The second-order valence-corrected chi connectivity index (χ2v) is 7.61. The highest BCUT2D eigenvalue weighted by atomic mass is 32.2. The summed E-state index contributed by atoms with van der Waals surface area (Å²) < 4.78 is 27.2. The molecule has 0 aromatic heterocycles. The van der Waals surface area contributed by atoms with Crippen LogP contribution in [-0.4, -0.2) is 32.4 Å². The highest BCUT2D eigenvalue weighted by molar-refractivity contribution is 7.89. The van der Waals surface area contributed by atoms with E-state index in [1.165, 1.54) is 4.31 Å². The van der Waals surface area contributed by atoms with Crippen molar-refractivity contribution in [1.29, 1.82) is 0 Å². The molecule has 2 rings (SSSR count). The Kier molecular flexibility index (Phi) is 5.93. The summed E-state index contributed by atoms with van der Waals surface area (Å²) in [5.74, 6) is 0. The Bertz CT molecular complexity index is 743. The van der Waals surface area contributed by atoms with Crippen LogP contribution in [0.5, 0.6) is 0 Å². The molecular formula is C18H24N2O2S. The van der Waals surface area contributed by atoms with Gasteiger partial charge in [-0.25, -0.2) is 8.42 Å². The summed E-state index contributed by atoms with van der Waals surface area (Å²) in [7, 11) is -3.52. The lowest BCUT2D eigenvalue weighted by Gasteiger charge is -2.22. The Morgan fingerprint density at radius 1 is 0.957 bits per heavy atom. The molecule has 0 saturated heterocycles. The Hall–Kier alpha value is -1.69. The number of hydrogen-bond donors (Lipinski definition) is 1. The van der Waals surface area contributed by atoms with Crippen molar-refractivity contribution in [3.63, 3.8) is 0 Å². The minimum atomic E-state index is -3.52. The first-order valence-electron chi connectivity index (χ1n) is 7.76. The molecule has 0 saturated carbocycles. The highest BCUT2D eigenvalue weighted by Gasteiger charge is 2.23. The number of aryl methyl sites for hydroxylation is 2. The van der Waals surface area contributed by atoms with Crippen molar-refractivity contribution in [2.45, 2.75) is 25.2 Å². The van der Waals surface area contributed by atoms with Crippen LogP contribution in [0.4, 0.5) is 0 Å². The van der Waals surface area contributed by atoms with Crippen molar-refractivity contribution >= 4 is 10.0 Å². The van der Waals surface area contributed by atoms with E-state index < -0.39 is 10.0 Å². The van der Waals surface area contributed by atoms with Crippen molar-refractivity contribution < 1.29 is 8.42 Å². The number of nitrogens with zero attached hydrogens (tertiary/aromatic N) is 1. The summed E-state index contributed by atoms with van der Waals surface area (Å²) in [5, 5.41) is 0. The number of benzene rings is 2. The predicted molar refractivity (Wildman–Crippen MR) is 93.9 cm³/mol. The SMILES string of the molecule is Cc1ccc(S(=O)(=O)N(CCN)CCc2ccccc2)cc1C. The van der Waals surface area contributed by atoms with Crippen LogP contribution in [0, 0.1) is 13.8 Å². The first-order chi connectivity index (χ1) is 10.9. The summed E-state index contributed by atoms with van der Waals surface area (Å²) in [6, 6.07) is 15.1. The molecule has 2 aromatic rings. The zero-order valence-corrected chi connectivity index (χ0v) is 14.5. The van der Waals surface area contributed by atoms with Crippen LogP contribution in [0.3, 0.4) is 0 Å². The Morgan fingerprint density at radius 3 is 2.26 bits per heavy atom. The highest BCUT2D eigenvalue weighted by Crippen LogP contribution is 2.19. The van der Waals surface area contributed by atoms with Crippen LogP contribution in [0.1, 0.15) is 16.7 Å². The molecule has 0 heterocycles. The average molecular weight is 332 g/mol. The van der Waals surface area contributed by atoms with E-state index in [1.54, 1.807) is 12.1 Å². The third-order valence-electron chi connectivity index (χ3n) is 3.99. The quantitative estimate of drug-likeness (QED) is 0.847. The van der Waals surface area contributed by atoms with E-state index in [9.17, 15) is 8.42 Å². The lowest BCUT2D eigenvalue weighted by atomic mass is 10.1. The molecule has 0 atom stereocenters. The Balaban J connectivity index is 2.22. The molecule has 0 amide bonds. The van der Waals surface area contributed by atoms with E-state index in [0.717, 1.165) is 16.7 Å². The first kappa shape index (κ1) is 17.7. The van der Waals surface area contributed by atoms with Gasteiger partial charge in [-0.3, -0.25) is 0 Å². The molecule has 0 aliphatic heterocycles. The van der Waals surface area contributed by atoms with Gasteiger partial charge < -0.3 is 5.73 Å². The molecule has 124 valence electrons. The molecule has 0 aliphatic rings. The van der Waals surface area contributed by atoms with Gasteiger partial charge >= 0.3 is 0 Å². The van der Waals surface area contributed by atoms with E-state index in [1.807, 2.05) is 50.2 Å². The van der Waals surface area contributed by atoms with Crippen LogP contribution in [0.2, 0.25) is 0 Å². The molecule has 2 aromatic carbocycles. The monoisotopic (exact) mass is 332 g/mol. The minimum absolute atomic E-state index is 0.304. The molecule has 0 fully saturated rings. The van der Waals surface area contributed by atoms with Gasteiger partial charge in [0.25, 0.3) is 0 Å². The second kappa shape index (κ2) is 7.73. The van der Waals surface area contributed by atoms with E-state index in [0.29, 0.717) is 31.0 Å². The maximum absolute atomic E-state index is 12.9. The van der Waals surface area contributed by atoms with E-state index in [-0.39, 0.29) is 0 Å². The number of hydrogen-bond acceptors (Lipinski definition) is 3. The molecule has 0 aliphatic carbocycles. The van der Waals surface area contributed by atoms with Crippen LogP contribution in [-0.2, 0) is 16.4 Å². The van der Waals surface area contributed by atoms with Crippen molar-refractivity contribution in [3.05, 3.63) is 65.2 Å². The Labute approximate surface area is 139 Å². The zero-order valence-electron chi connectivity index (χ0n) is 13.7. The fourth-order valence-electron chi connectivity index (χ4n) is 2.42. The molecule has 5 heteroatoms. The largest absolute Gasteiger partial charge is 0.329 e. The number of rotatable bonds is 7. The van der Waals surface area contributed by atoms with Gasteiger partial charge in [0, 0.05) is 19.6 Å². The van der Waals surface area contributed by atoms with Gasteiger partial charge in [0.1, 0.15) is 0 Å². The summed E-state index contributed by atoms with van der Waals surface area (Å²) in [6.07, 6.45) is 0.672. The van der Waals surface area contributed by atoms with Gasteiger partial charge in [0.15, 0.2) is 0 Å². The molecular weight excluding hydrogens is 308 g/mol. The van der Waals surface area contributed by atoms with Gasteiger partial charge in [0.05, 0.1) is 4.90 Å². The van der Waals surface area contributed by atoms with Crippen molar-refractivity contribution in [3.8, 4) is 0 Å². The molecule has 0 spiro atoms. The number of nitrogens with two attached hydrogens (primary N) is 1. The molecule has 4 nitrogen and oxygen atoms in total. The van der Waals surface area contributed by atoms with Gasteiger partial charge in [-0.05, 0) is 49.1 Å². The smallest absolute Gasteiger partial charge is 0.243 e. The lowest BCUT2D eigenvalue weighted by molar-refractivity contribution is 0.421. The van der Waals surface area contributed by atoms with E-state index in [2.05, 4.69) is 0 Å². The maximum atomic E-state index is 12.9. The third-order valence-corrected chi connectivity index (χ3v) is 5.88. The second-order valence-electron chi connectivity index (χ2n) is 5.67. The van der Waals surface area contributed by atoms with E-state index in [4.69, 9.17) is 5.73 Å². The van der Waals surface area contributed by atoms with Crippen LogP contribution in [0.25, 0.3) is 0 Å². The Morgan fingerprint density at radius 2 is 1.65 bits per heavy atom. The average Bonchev–Trinajstić information content (AvgIpc) is 2.54. The molecule has 0 unspecified atom stereocenters. The normalized spacial score (nSPS) is 11.8. The maximum Gasteiger partial charge on any atom is 0.243 e. The van der Waals surface area contributed by atoms with Crippen LogP contribution < -0.4 is 5.73 Å². The molecule has 0 radical (unpaired) electrons. The van der Waals surface area contributed by atoms with Gasteiger partial charge in [-0.2, -0.15) is 4.31 Å². The zero-order chi connectivity index (χ0) is 16.9. The van der Waals surface area contributed by atoms with Gasteiger partial charge in [0.2, 0.25) is 10.0 Å². The molecule has 2 N–H and O–H groups in total. The predicted octanol–water partition coefficient (Wildman–Crippen LogP) is 2.50. The van der Waals surface area contributed by atoms with Crippen molar-refractivity contribution in [1.82, 2.24) is 4.31 Å². The van der Waals surface area contributed by atoms with Crippen molar-refractivity contribution in [2.75, 3.05) is 19.6 Å². The lowest BCUT2D eigenvalue weighted by Crippen LogP contribution is -2.37. The third kappa shape index (κ3) is 4.41. The van der Waals surface area contributed by atoms with Crippen LogP contribution >= 0.6 is 0 Å². The van der Waals surface area contributed by atoms with Gasteiger partial charge in [-0.1, -0.05) is 36.4 Å². The minimum Gasteiger partial charge on any atom is -0.329 e. The van der Waals surface area contributed by atoms with Gasteiger partial charge in [-0.15, -0.1) is 0 Å². The first-order valence-corrected chi connectivity index (χ1v) is 9.20. The van der Waals surface area contributed by atoms with Crippen molar-refractivity contribution in [2.24, 2.45) is 5.73 Å². The fraction of sp³-hybridized carbons (Fsp3) is 0.333. The standard InChI is InChI=1S/C18H24N2O2S/c1-15-8-9-18(14-16(15)2)23(21,22)20(13-11-19)12-10-17-6-4-3-5-7-17/h3-9,14H,10-13,19H2,1-2H3. The fourth-order valence-corrected chi connectivity index (χ4v) is 3.96. The summed E-state index contributed by atoms with van der Waals surface area (Å²) >= 11 is 0. The number of sulfonamides is 1. The van der Waals surface area contributed by atoms with E-state index >= 15 is 0 Å². The van der Waals surface area contributed by atoms with Crippen LogP contribution in [0.15, 0.2) is 53.4 Å². The summed E-state index contributed by atoms with van der Waals surface area (Å²) in [5.41, 5.74) is 8.79. The molecule has 23 heavy (non-hydrogen) atoms. The summed E-state index contributed by atoms with van der Waals surface area (Å²) in [4.78, 5) is 0.335. The topological polar surface area (TPSA) is 63.4 Å².